The lowest BCUT2D eigenvalue weighted by Gasteiger charge is -1.97. The number of halogens is 1. The van der Waals surface area contributed by atoms with Crippen molar-refractivity contribution in [2.45, 2.75) is 11.8 Å². The van der Waals surface area contributed by atoms with Crippen LogP contribution in [-0.2, 0) is 0 Å². The van der Waals surface area contributed by atoms with E-state index in [2.05, 4.69) is 25.6 Å². The van der Waals surface area contributed by atoms with E-state index in [-0.39, 0.29) is 10.6 Å². The van der Waals surface area contributed by atoms with Crippen LogP contribution in [0, 0.1) is 17.0 Å². The maximum atomic E-state index is 10.7. The number of fused-ring (bicyclic) bond motifs is 1. The number of hydrogen-bond acceptors (Lipinski definition) is 5. The van der Waals surface area contributed by atoms with Gasteiger partial charge in [0.15, 0.2) is 0 Å². The molecule has 0 saturated carbocycles. The van der Waals surface area contributed by atoms with Crippen LogP contribution < -0.4 is 0 Å². The Morgan fingerprint density at radius 3 is 2.93 bits per heavy atom. The summed E-state index contributed by atoms with van der Waals surface area (Å²) in [5, 5.41) is 11.6. The summed E-state index contributed by atoms with van der Waals surface area (Å²) < 4.78 is 4.28. The minimum atomic E-state index is -0.368. The predicted molar refractivity (Wildman–Crippen MR) is 70.9 cm³/mol. The number of nitrogens with zero attached hydrogens (tertiary/aromatic N) is 2. The Hall–Kier alpha value is -0.410. The van der Waals surface area contributed by atoms with Gasteiger partial charge < -0.3 is 0 Å². The van der Waals surface area contributed by atoms with Gasteiger partial charge in [-0.3, -0.25) is 10.1 Å². The van der Waals surface area contributed by atoms with Gasteiger partial charge in [0.1, 0.15) is 0 Å². The normalized spacial score (nSPS) is 10.8. The van der Waals surface area contributed by atoms with Crippen molar-refractivity contribution in [2.75, 3.05) is 0 Å². The summed E-state index contributed by atoms with van der Waals surface area (Å²) in [5.41, 5.74) is 0.993. The molecule has 2 aromatic rings. The highest BCUT2D eigenvalue weighted by atomic mass is 127. The molecule has 2 rings (SSSR count). The standard InChI is InChI=1S/C8H5IN2O2S2/c1-4-6-2-5(11(12)13)3-7(14-9)8(6)10-15-4/h2-3H,1H3. The zero-order valence-electron chi connectivity index (χ0n) is 7.56. The van der Waals surface area contributed by atoms with Gasteiger partial charge >= 0.3 is 0 Å². The lowest BCUT2D eigenvalue weighted by Crippen LogP contribution is -1.88. The first-order chi connectivity index (χ1) is 7.13. The monoisotopic (exact) mass is 352 g/mol. The van der Waals surface area contributed by atoms with Gasteiger partial charge in [0.05, 0.1) is 15.3 Å². The molecule has 1 heterocycles. The first-order valence-electron chi connectivity index (χ1n) is 3.96. The molecule has 0 radical (unpaired) electrons. The fourth-order valence-electron chi connectivity index (χ4n) is 1.28. The van der Waals surface area contributed by atoms with E-state index in [1.165, 1.54) is 20.5 Å². The number of benzene rings is 1. The van der Waals surface area contributed by atoms with Gasteiger partial charge in [-0.05, 0) is 18.5 Å². The van der Waals surface area contributed by atoms with Gasteiger partial charge in [0.25, 0.3) is 5.69 Å². The minimum Gasteiger partial charge on any atom is -0.258 e. The molecule has 78 valence electrons. The Bertz CT molecular complexity index is 541. The van der Waals surface area contributed by atoms with Crippen molar-refractivity contribution >= 4 is 58.3 Å². The largest absolute Gasteiger partial charge is 0.271 e. The van der Waals surface area contributed by atoms with Crippen LogP contribution in [0.4, 0.5) is 5.69 Å². The van der Waals surface area contributed by atoms with Crippen LogP contribution in [0.2, 0.25) is 0 Å². The van der Waals surface area contributed by atoms with E-state index in [0.29, 0.717) is 0 Å². The molecule has 1 aromatic heterocycles. The summed E-state index contributed by atoms with van der Waals surface area (Å²) in [4.78, 5) is 12.2. The van der Waals surface area contributed by atoms with E-state index in [1.54, 1.807) is 12.1 Å². The van der Waals surface area contributed by atoms with Crippen LogP contribution >= 0.6 is 41.7 Å². The number of nitro benzene ring substituents is 1. The van der Waals surface area contributed by atoms with Crippen molar-refractivity contribution in [3.05, 3.63) is 27.1 Å². The van der Waals surface area contributed by atoms with E-state index in [1.807, 2.05) is 6.92 Å². The average molecular weight is 352 g/mol. The maximum Gasteiger partial charge on any atom is 0.271 e. The molecule has 0 atom stereocenters. The van der Waals surface area contributed by atoms with Gasteiger partial charge in [0, 0.05) is 43.6 Å². The Balaban J connectivity index is 2.79. The van der Waals surface area contributed by atoms with E-state index in [4.69, 9.17) is 0 Å². The molecular weight excluding hydrogens is 347 g/mol. The van der Waals surface area contributed by atoms with Gasteiger partial charge in [-0.25, -0.2) is 0 Å². The number of aryl methyl sites for hydroxylation is 1. The lowest BCUT2D eigenvalue weighted by atomic mass is 10.2. The molecule has 0 spiro atoms. The average Bonchev–Trinajstić information content (AvgIpc) is 2.59. The number of aromatic nitrogens is 1. The number of hydrogen-bond donors (Lipinski definition) is 0. The maximum absolute atomic E-state index is 10.7. The first-order valence-corrected chi connectivity index (χ1v) is 8.09. The molecule has 0 bridgehead atoms. The van der Waals surface area contributed by atoms with Crippen molar-refractivity contribution in [1.82, 2.24) is 4.37 Å². The Morgan fingerprint density at radius 1 is 1.60 bits per heavy atom. The van der Waals surface area contributed by atoms with Crippen LogP contribution in [0.15, 0.2) is 17.0 Å². The van der Waals surface area contributed by atoms with Gasteiger partial charge in [0.2, 0.25) is 0 Å². The molecule has 0 unspecified atom stereocenters. The Kier molecular flexibility index (Phi) is 3.12. The number of nitro groups is 1. The Morgan fingerprint density at radius 2 is 2.33 bits per heavy atom. The van der Waals surface area contributed by atoms with Crippen molar-refractivity contribution in [3.63, 3.8) is 0 Å². The second-order valence-corrected chi connectivity index (χ2v) is 5.81. The van der Waals surface area contributed by atoms with Crippen LogP contribution in [-0.4, -0.2) is 9.30 Å². The smallest absolute Gasteiger partial charge is 0.258 e. The highest BCUT2D eigenvalue weighted by Crippen LogP contribution is 2.37. The highest BCUT2D eigenvalue weighted by molar-refractivity contribution is 14.2. The van der Waals surface area contributed by atoms with E-state index < -0.39 is 0 Å². The predicted octanol–water partition coefficient (Wildman–Crippen LogP) is 3.96. The third kappa shape index (κ3) is 1.95. The molecule has 4 nitrogen and oxygen atoms in total. The molecule has 0 aliphatic heterocycles. The zero-order valence-corrected chi connectivity index (χ0v) is 11.4. The summed E-state index contributed by atoms with van der Waals surface area (Å²) in [6.07, 6.45) is 0. The van der Waals surface area contributed by atoms with Crippen LogP contribution in [0.1, 0.15) is 4.88 Å². The third-order valence-corrected chi connectivity index (χ3v) is 4.68. The molecule has 15 heavy (non-hydrogen) atoms. The summed E-state index contributed by atoms with van der Waals surface area (Å²) in [6, 6.07) is 3.16. The highest BCUT2D eigenvalue weighted by Gasteiger charge is 2.15. The van der Waals surface area contributed by atoms with Crippen molar-refractivity contribution < 1.29 is 4.92 Å². The summed E-state index contributed by atoms with van der Waals surface area (Å²) in [6.45, 7) is 1.92. The molecule has 0 N–H and O–H groups in total. The molecule has 7 heteroatoms. The molecule has 0 aliphatic carbocycles. The van der Waals surface area contributed by atoms with Crippen LogP contribution in [0.3, 0.4) is 0 Å². The fourth-order valence-corrected chi connectivity index (χ4v) is 3.42. The number of rotatable bonds is 2. The van der Waals surface area contributed by atoms with E-state index >= 15 is 0 Å². The lowest BCUT2D eigenvalue weighted by molar-refractivity contribution is -0.384. The Labute approximate surface area is 106 Å². The molecular formula is C8H5IN2O2S2. The first kappa shape index (κ1) is 11.1. The second-order valence-electron chi connectivity index (χ2n) is 2.91. The van der Waals surface area contributed by atoms with Crippen LogP contribution in [0.5, 0.6) is 0 Å². The van der Waals surface area contributed by atoms with Gasteiger partial charge in [-0.15, -0.1) is 0 Å². The number of non-ortho nitro benzene ring substituents is 1. The minimum absolute atomic E-state index is 0.130. The zero-order chi connectivity index (χ0) is 11.0. The van der Waals surface area contributed by atoms with Crippen molar-refractivity contribution in [3.8, 4) is 0 Å². The molecule has 1 aromatic carbocycles. The summed E-state index contributed by atoms with van der Waals surface area (Å²) in [7, 11) is 1.45. The summed E-state index contributed by atoms with van der Waals surface area (Å²) in [5.74, 6) is 0. The van der Waals surface area contributed by atoms with E-state index in [0.717, 1.165) is 20.7 Å². The van der Waals surface area contributed by atoms with Crippen molar-refractivity contribution in [2.24, 2.45) is 0 Å². The molecule has 0 amide bonds. The van der Waals surface area contributed by atoms with Crippen LogP contribution in [0.25, 0.3) is 10.9 Å². The van der Waals surface area contributed by atoms with Gasteiger partial charge in [-0.2, -0.15) is 4.37 Å². The topological polar surface area (TPSA) is 56.0 Å². The quantitative estimate of drug-likeness (QED) is 0.467. The second kappa shape index (κ2) is 4.22. The van der Waals surface area contributed by atoms with Crippen molar-refractivity contribution in [1.29, 1.82) is 0 Å². The molecule has 0 aliphatic rings. The third-order valence-electron chi connectivity index (χ3n) is 2.01. The van der Waals surface area contributed by atoms with E-state index in [9.17, 15) is 10.1 Å². The SMILES string of the molecule is Cc1snc2c(SI)cc([N+](=O)[O-])cc12. The molecule has 0 saturated heterocycles. The fraction of sp³-hybridized carbons (Fsp3) is 0.125. The molecule has 0 fully saturated rings. The van der Waals surface area contributed by atoms with Gasteiger partial charge in [-0.1, -0.05) is 8.93 Å². The summed E-state index contributed by atoms with van der Waals surface area (Å²) >= 11 is 3.49.